The molecule has 1 rings (SSSR count). The summed E-state index contributed by atoms with van der Waals surface area (Å²) in [4.78, 5) is 20.2. The smallest absolute Gasteiger partial charge is 0.293 e. The molecule has 1 aromatic rings. The molecule has 1 aromatic carbocycles. The maximum absolute atomic E-state index is 12.9. The highest BCUT2D eigenvalue weighted by Crippen LogP contribution is 2.24. The minimum Gasteiger partial charge on any atom is -0.393 e. The minimum atomic E-state index is -1.08. The van der Waals surface area contributed by atoms with Gasteiger partial charge in [0.2, 0.25) is 0 Å². The summed E-state index contributed by atoms with van der Waals surface area (Å²) in [6, 6.07) is 1.41. The lowest BCUT2D eigenvalue weighted by molar-refractivity contribution is -0.384. The molecule has 0 fully saturated rings. The van der Waals surface area contributed by atoms with Crippen molar-refractivity contribution < 1.29 is 14.1 Å². The topological polar surface area (TPSA) is 112 Å². The quantitative estimate of drug-likeness (QED) is 0.408. The number of nitro benzene ring substituents is 1. The average molecular weight is 199 g/mol. The van der Waals surface area contributed by atoms with E-state index in [1.165, 1.54) is 0 Å². The van der Waals surface area contributed by atoms with E-state index in [4.69, 9.17) is 11.5 Å². The molecule has 0 aliphatic heterocycles. The second-order valence-corrected chi connectivity index (χ2v) is 2.51. The van der Waals surface area contributed by atoms with Crippen molar-refractivity contribution in [1.82, 2.24) is 0 Å². The minimum absolute atomic E-state index is 0.350. The van der Waals surface area contributed by atoms with Crippen LogP contribution in [-0.2, 0) is 0 Å². The number of rotatable bonds is 2. The van der Waals surface area contributed by atoms with Crippen LogP contribution in [0.4, 0.5) is 15.8 Å². The standard InChI is InChI=1S/C7H6FN3O3/c8-4-2-5(9)6(11(13)14)1-3(4)7(10)12/h1-2H,9H2,(H2,10,12). The van der Waals surface area contributed by atoms with Gasteiger partial charge in [0.05, 0.1) is 10.5 Å². The summed E-state index contributed by atoms with van der Waals surface area (Å²) in [5, 5.41) is 10.4. The van der Waals surface area contributed by atoms with Crippen molar-refractivity contribution in [2.45, 2.75) is 0 Å². The van der Waals surface area contributed by atoms with Crippen LogP contribution < -0.4 is 11.5 Å². The van der Waals surface area contributed by atoms with Crippen LogP contribution in [0.25, 0.3) is 0 Å². The lowest BCUT2D eigenvalue weighted by atomic mass is 10.1. The highest BCUT2D eigenvalue weighted by Gasteiger charge is 2.18. The molecule has 0 heterocycles. The molecule has 0 atom stereocenters. The van der Waals surface area contributed by atoms with E-state index >= 15 is 0 Å². The first-order chi connectivity index (χ1) is 6.43. The molecule has 1 amide bonds. The molecule has 0 bridgehead atoms. The number of primary amides is 1. The van der Waals surface area contributed by atoms with Gasteiger partial charge in [-0.2, -0.15) is 0 Å². The molecule has 0 aliphatic rings. The van der Waals surface area contributed by atoms with Gasteiger partial charge in [-0.25, -0.2) is 4.39 Å². The predicted molar refractivity (Wildman–Crippen MR) is 46.0 cm³/mol. The Morgan fingerprint density at radius 1 is 1.50 bits per heavy atom. The monoisotopic (exact) mass is 199 g/mol. The summed E-state index contributed by atoms with van der Waals surface area (Å²) >= 11 is 0. The first-order valence-corrected chi connectivity index (χ1v) is 3.46. The molecule has 4 N–H and O–H groups in total. The molecule has 0 aliphatic carbocycles. The lowest BCUT2D eigenvalue weighted by Crippen LogP contribution is -2.14. The third kappa shape index (κ3) is 1.60. The zero-order valence-corrected chi connectivity index (χ0v) is 6.86. The van der Waals surface area contributed by atoms with Crippen molar-refractivity contribution >= 4 is 17.3 Å². The Kier molecular flexibility index (Phi) is 2.32. The van der Waals surface area contributed by atoms with Crippen molar-refractivity contribution in [3.63, 3.8) is 0 Å². The van der Waals surface area contributed by atoms with Crippen LogP contribution in [0.1, 0.15) is 10.4 Å². The summed E-state index contributed by atoms with van der Waals surface area (Å²) < 4.78 is 12.9. The number of nitro groups is 1. The first kappa shape index (κ1) is 9.90. The molecular formula is C7H6FN3O3. The average Bonchev–Trinajstić information content (AvgIpc) is 2.02. The zero-order chi connectivity index (χ0) is 10.9. The van der Waals surface area contributed by atoms with Crippen LogP contribution in [0.2, 0.25) is 0 Å². The van der Waals surface area contributed by atoms with E-state index in [-0.39, 0.29) is 5.69 Å². The molecule has 7 heteroatoms. The fraction of sp³-hybridized carbons (Fsp3) is 0. The Balaban J connectivity index is 3.42. The molecule has 14 heavy (non-hydrogen) atoms. The van der Waals surface area contributed by atoms with Crippen LogP contribution in [0, 0.1) is 15.9 Å². The summed E-state index contributed by atoms with van der Waals surface area (Å²) in [7, 11) is 0. The fourth-order valence-corrected chi connectivity index (χ4v) is 0.924. The summed E-state index contributed by atoms with van der Waals surface area (Å²) in [6.07, 6.45) is 0. The van der Waals surface area contributed by atoms with Gasteiger partial charge >= 0.3 is 0 Å². The van der Waals surface area contributed by atoms with Crippen molar-refractivity contribution in [3.05, 3.63) is 33.6 Å². The van der Waals surface area contributed by atoms with Gasteiger partial charge in [-0.1, -0.05) is 0 Å². The molecule has 0 radical (unpaired) electrons. The largest absolute Gasteiger partial charge is 0.393 e. The highest BCUT2D eigenvalue weighted by atomic mass is 19.1. The summed E-state index contributed by atoms with van der Waals surface area (Å²) in [6.45, 7) is 0. The Hall–Kier alpha value is -2.18. The Morgan fingerprint density at radius 2 is 2.07 bits per heavy atom. The van der Waals surface area contributed by atoms with Crippen molar-refractivity contribution in [3.8, 4) is 0 Å². The molecule has 0 aromatic heterocycles. The number of nitrogen functional groups attached to an aromatic ring is 1. The van der Waals surface area contributed by atoms with Crippen LogP contribution in [-0.4, -0.2) is 10.8 Å². The number of anilines is 1. The normalized spacial score (nSPS) is 9.79. The zero-order valence-electron chi connectivity index (χ0n) is 6.86. The number of carbonyl (C=O) groups is 1. The van der Waals surface area contributed by atoms with E-state index in [2.05, 4.69) is 0 Å². The SMILES string of the molecule is NC(=O)c1cc([N+](=O)[O-])c(N)cc1F. The molecule has 0 spiro atoms. The van der Waals surface area contributed by atoms with Crippen LogP contribution >= 0.6 is 0 Å². The van der Waals surface area contributed by atoms with Crippen LogP contribution in [0.15, 0.2) is 12.1 Å². The number of amides is 1. The molecular weight excluding hydrogens is 193 g/mol. The second-order valence-electron chi connectivity index (χ2n) is 2.51. The number of halogens is 1. The van der Waals surface area contributed by atoms with E-state index in [1.807, 2.05) is 0 Å². The van der Waals surface area contributed by atoms with E-state index in [0.717, 1.165) is 0 Å². The van der Waals surface area contributed by atoms with Gasteiger partial charge in [0, 0.05) is 12.1 Å². The predicted octanol–water partition coefficient (Wildman–Crippen LogP) is 0.415. The number of nitrogens with two attached hydrogens (primary N) is 2. The Labute approximate surface area is 77.5 Å². The van der Waals surface area contributed by atoms with Gasteiger partial charge in [-0.05, 0) is 0 Å². The Bertz CT molecular complexity index is 384. The molecule has 0 saturated carbocycles. The van der Waals surface area contributed by atoms with Gasteiger partial charge in [0.25, 0.3) is 11.6 Å². The van der Waals surface area contributed by atoms with E-state index in [1.54, 1.807) is 0 Å². The second kappa shape index (κ2) is 3.29. The third-order valence-electron chi connectivity index (χ3n) is 1.58. The van der Waals surface area contributed by atoms with Crippen LogP contribution in [0.5, 0.6) is 0 Å². The maximum Gasteiger partial charge on any atom is 0.293 e. The van der Waals surface area contributed by atoms with Gasteiger partial charge in [0.15, 0.2) is 0 Å². The molecule has 74 valence electrons. The van der Waals surface area contributed by atoms with E-state index in [9.17, 15) is 19.3 Å². The number of benzene rings is 1. The molecule has 0 saturated heterocycles. The number of carbonyl (C=O) groups excluding carboxylic acids is 1. The summed E-state index contributed by atoms with van der Waals surface area (Å²) in [5.74, 6) is -2.05. The molecule has 0 unspecified atom stereocenters. The van der Waals surface area contributed by atoms with Gasteiger partial charge in [-0.15, -0.1) is 0 Å². The Morgan fingerprint density at radius 3 is 2.50 bits per heavy atom. The van der Waals surface area contributed by atoms with E-state index in [0.29, 0.717) is 12.1 Å². The molecule has 6 nitrogen and oxygen atoms in total. The maximum atomic E-state index is 12.9. The van der Waals surface area contributed by atoms with Crippen molar-refractivity contribution in [2.24, 2.45) is 5.73 Å². The fourth-order valence-electron chi connectivity index (χ4n) is 0.924. The van der Waals surface area contributed by atoms with Gasteiger partial charge < -0.3 is 11.5 Å². The number of hydrogen-bond donors (Lipinski definition) is 2. The third-order valence-corrected chi connectivity index (χ3v) is 1.58. The van der Waals surface area contributed by atoms with Gasteiger partial charge in [0.1, 0.15) is 11.5 Å². The summed E-state index contributed by atoms with van der Waals surface area (Å²) in [5.41, 5.74) is 8.51. The number of nitrogens with zero attached hydrogens (tertiary/aromatic N) is 1. The van der Waals surface area contributed by atoms with Crippen molar-refractivity contribution in [1.29, 1.82) is 0 Å². The highest BCUT2D eigenvalue weighted by molar-refractivity contribution is 5.94. The van der Waals surface area contributed by atoms with Crippen molar-refractivity contribution in [2.75, 3.05) is 5.73 Å². The van der Waals surface area contributed by atoms with E-state index < -0.39 is 27.9 Å². The number of hydrogen-bond acceptors (Lipinski definition) is 4. The van der Waals surface area contributed by atoms with Crippen LogP contribution in [0.3, 0.4) is 0 Å². The van der Waals surface area contributed by atoms with Gasteiger partial charge in [-0.3, -0.25) is 14.9 Å². The lowest BCUT2D eigenvalue weighted by Gasteiger charge is -2.00. The first-order valence-electron chi connectivity index (χ1n) is 3.46.